The van der Waals surface area contributed by atoms with Gasteiger partial charge in [0.15, 0.2) is 0 Å². The fraction of sp³-hybridized carbons (Fsp3) is 0.667. The van der Waals surface area contributed by atoms with Gasteiger partial charge in [-0.2, -0.15) is 0 Å². The predicted octanol–water partition coefficient (Wildman–Crippen LogP) is 3.62. The van der Waals surface area contributed by atoms with E-state index in [-0.39, 0.29) is 6.04 Å². The van der Waals surface area contributed by atoms with Crippen molar-refractivity contribution in [2.75, 3.05) is 6.54 Å². The Morgan fingerprint density at radius 2 is 1.85 bits per heavy atom. The molecule has 2 atom stereocenters. The maximum absolute atomic E-state index is 10.7. The van der Waals surface area contributed by atoms with Gasteiger partial charge in [-0.3, -0.25) is 0 Å². The zero-order chi connectivity index (χ0) is 14.5. The normalized spacial score (nSPS) is 17.9. The molecule has 0 bridgehead atoms. The summed E-state index contributed by atoms with van der Waals surface area (Å²) < 4.78 is 0. The molecule has 2 N–H and O–H groups in total. The van der Waals surface area contributed by atoms with Gasteiger partial charge in [-0.1, -0.05) is 39.0 Å². The van der Waals surface area contributed by atoms with Crippen molar-refractivity contribution in [1.29, 1.82) is 0 Å². The van der Waals surface area contributed by atoms with Crippen LogP contribution in [0.3, 0.4) is 0 Å². The average Bonchev–Trinajstić information content (AvgIpc) is 2.46. The molecule has 1 aliphatic rings. The number of aryl methyl sites for hydroxylation is 2. The summed E-state index contributed by atoms with van der Waals surface area (Å²) in [5, 5.41) is 14.2. The monoisotopic (exact) mass is 275 g/mol. The van der Waals surface area contributed by atoms with Gasteiger partial charge >= 0.3 is 0 Å². The first-order valence-corrected chi connectivity index (χ1v) is 8.16. The minimum Gasteiger partial charge on any atom is -0.387 e. The highest BCUT2D eigenvalue weighted by Gasteiger charge is 2.24. The van der Waals surface area contributed by atoms with Crippen LogP contribution in [0, 0.1) is 5.92 Å². The molecule has 0 saturated heterocycles. The van der Waals surface area contributed by atoms with E-state index >= 15 is 0 Å². The van der Waals surface area contributed by atoms with Crippen molar-refractivity contribution in [3.05, 3.63) is 34.9 Å². The van der Waals surface area contributed by atoms with E-state index in [1.54, 1.807) is 0 Å². The van der Waals surface area contributed by atoms with E-state index in [0.717, 1.165) is 18.5 Å². The molecule has 0 amide bonds. The molecule has 0 aromatic heterocycles. The summed E-state index contributed by atoms with van der Waals surface area (Å²) in [6, 6.07) is 6.72. The topological polar surface area (TPSA) is 32.3 Å². The maximum atomic E-state index is 10.7. The van der Waals surface area contributed by atoms with Crippen LogP contribution >= 0.6 is 0 Å². The van der Waals surface area contributed by atoms with E-state index < -0.39 is 6.10 Å². The highest BCUT2D eigenvalue weighted by molar-refractivity contribution is 5.35. The van der Waals surface area contributed by atoms with Gasteiger partial charge in [-0.15, -0.1) is 0 Å². The van der Waals surface area contributed by atoms with Crippen molar-refractivity contribution in [1.82, 2.24) is 5.32 Å². The van der Waals surface area contributed by atoms with Gasteiger partial charge in [-0.25, -0.2) is 0 Å². The van der Waals surface area contributed by atoms with Crippen molar-refractivity contribution in [3.63, 3.8) is 0 Å². The van der Waals surface area contributed by atoms with Crippen LogP contribution in [0.15, 0.2) is 18.2 Å². The Labute approximate surface area is 123 Å². The number of rotatable bonds is 6. The maximum Gasteiger partial charge on any atom is 0.0945 e. The highest BCUT2D eigenvalue weighted by atomic mass is 16.3. The van der Waals surface area contributed by atoms with Gasteiger partial charge in [-0.05, 0) is 61.3 Å². The van der Waals surface area contributed by atoms with E-state index in [0.29, 0.717) is 5.92 Å². The lowest BCUT2D eigenvalue weighted by atomic mass is 9.87. The number of hydrogen-bond donors (Lipinski definition) is 2. The summed E-state index contributed by atoms with van der Waals surface area (Å²) in [7, 11) is 0. The Hall–Kier alpha value is -0.860. The van der Waals surface area contributed by atoms with Gasteiger partial charge in [0.2, 0.25) is 0 Å². The first-order chi connectivity index (χ1) is 9.63. The second-order valence-corrected chi connectivity index (χ2v) is 6.40. The van der Waals surface area contributed by atoms with Crippen LogP contribution in [-0.4, -0.2) is 17.7 Å². The molecule has 20 heavy (non-hydrogen) atoms. The first-order valence-electron chi connectivity index (χ1n) is 8.16. The molecule has 1 aromatic rings. The number of benzene rings is 1. The van der Waals surface area contributed by atoms with Gasteiger partial charge in [0.05, 0.1) is 6.10 Å². The lowest BCUT2D eigenvalue weighted by Gasteiger charge is -2.29. The van der Waals surface area contributed by atoms with Crippen LogP contribution in [0.1, 0.15) is 62.8 Å². The first kappa shape index (κ1) is 15.5. The summed E-state index contributed by atoms with van der Waals surface area (Å²) in [6.07, 6.45) is 5.65. The number of nitrogens with one attached hydrogen (secondary N) is 1. The fourth-order valence-corrected chi connectivity index (χ4v) is 3.17. The third-order valence-electron chi connectivity index (χ3n) is 4.40. The summed E-state index contributed by atoms with van der Waals surface area (Å²) in [5.74, 6) is 0.424. The molecule has 0 saturated carbocycles. The molecule has 2 unspecified atom stereocenters. The minimum atomic E-state index is -0.409. The lowest BCUT2D eigenvalue weighted by molar-refractivity contribution is 0.105. The summed E-state index contributed by atoms with van der Waals surface area (Å²) in [5.41, 5.74) is 4.01. The summed E-state index contributed by atoms with van der Waals surface area (Å²) in [4.78, 5) is 0. The van der Waals surface area contributed by atoms with E-state index in [1.807, 2.05) is 0 Å². The van der Waals surface area contributed by atoms with Gasteiger partial charge in [0, 0.05) is 6.04 Å². The zero-order valence-electron chi connectivity index (χ0n) is 13.2. The van der Waals surface area contributed by atoms with Crippen LogP contribution in [-0.2, 0) is 12.8 Å². The SMILES string of the molecule is CCCNC(C(C)C)C(O)c1ccc2c(c1)CCCC2. The number of fused-ring (bicyclic) bond motifs is 1. The van der Waals surface area contributed by atoms with Crippen molar-refractivity contribution >= 4 is 0 Å². The Kier molecular flexibility index (Phi) is 5.62. The Balaban J connectivity index is 2.15. The molecule has 1 aliphatic carbocycles. The zero-order valence-corrected chi connectivity index (χ0v) is 13.2. The third-order valence-corrected chi connectivity index (χ3v) is 4.40. The smallest absolute Gasteiger partial charge is 0.0945 e. The van der Waals surface area contributed by atoms with Crippen LogP contribution in [0.25, 0.3) is 0 Å². The predicted molar refractivity (Wildman–Crippen MR) is 85.0 cm³/mol. The number of hydrogen-bond acceptors (Lipinski definition) is 2. The van der Waals surface area contributed by atoms with Crippen molar-refractivity contribution in [3.8, 4) is 0 Å². The lowest BCUT2D eigenvalue weighted by Crippen LogP contribution is -2.39. The molecular formula is C18H29NO. The molecule has 2 heteroatoms. The van der Waals surface area contributed by atoms with Crippen molar-refractivity contribution < 1.29 is 5.11 Å². The highest BCUT2D eigenvalue weighted by Crippen LogP contribution is 2.27. The van der Waals surface area contributed by atoms with E-state index in [4.69, 9.17) is 0 Å². The molecule has 0 aliphatic heterocycles. The quantitative estimate of drug-likeness (QED) is 0.831. The van der Waals surface area contributed by atoms with E-state index in [1.165, 1.54) is 36.8 Å². The molecule has 2 nitrogen and oxygen atoms in total. The molecule has 0 radical (unpaired) electrons. The largest absolute Gasteiger partial charge is 0.387 e. The Morgan fingerprint density at radius 1 is 1.15 bits per heavy atom. The molecule has 1 aromatic carbocycles. The van der Waals surface area contributed by atoms with Gasteiger partial charge < -0.3 is 10.4 Å². The molecule has 112 valence electrons. The van der Waals surface area contributed by atoms with Gasteiger partial charge in [0.1, 0.15) is 0 Å². The van der Waals surface area contributed by atoms with Crippen molar-refractivity contribution in [2.24, 2.45) is 5.92 Å². The Bertz CT molecular complexity index is 427. The average molecular weight is 275 g/mol. The second-order valence-electron chi connectivity index (χ2n) is 6.40. The molecule has 0 heterocycles. The number of aliphatic hydroxyl groups excluding tert-OH is 1. The second kappa shape index (κ2) is 7.24. The minimum absolute atomic E-state index is 0.136. The van der Waals surface area contributed by atoms with Crippen LogP contribution in [0.5, 0.6) is 0 Å². The molecular weight excluding hydrogens is 246 g/mol. The van der Waals surface area contributed by atoms with E-state index in [9.17, 15) is 5.11 Å². The van der Waals surface area contributed by atoms with Crippen LogP contribution in [0.4, 0.5) is 0 Å². The third kappa shape index (κ3) is 3.62. The number of aliphatic hydroxyl groups is 1. The van der Waals surface area contributed by atoms with Gasteiger partial charge in [0.25, 0.3) is 0 Å². The molecule has 2 rings (SSSR count). The molecule has 0 spiro atoms. The summed E-state index contributed by atoms with van der Waals surface area (Å²) in [6.45, 7) is 7.48. The summed E-state index contributed by atoms with van der Waals surface area (Å²) >= 11 is 0. The van der Waals surface area contributed by atoms with Crippen LogP contribution in [0.2, 0.25) is 0 Å². The van der Waals surface area contributed by atoms with Crippen LogP contribution < -0.4 is 5.32 Å². The Morgan fingerprint density at radius 3 is 2.50 bits per heavy atom. The fourth-order valence-electron chi connectivity index (χ4n) is 3.17. The standard InChI is InChI=1S/C18H29NO/c1-4-11-19-17(13(2)3)18(20)16-10-9-14-7-5-6-8-15(14)12-16/h9-10,12-13,17-20H,4-8,11H2,1-3H3. The van der Waals surface area contributed by atoms with Crippen molar-refractivity contribution in [2.45, 2.75) is 65.0 Å². The van der Waals surface area contributed by atoms with E-state index in [2.05, 4.69) is 44.3 Å². The molecule has 0 fully saturated rings.